The normalized spacial score (nSPS) is 15.9. The zero-order chi connectivity index (χ0) is 21.1. The van der Waals surface area contributed by atoms with E-state index in [1.54, 1.807) is 13.8 Å². The minimum Gasteiger partial charge on any atom is -0.494 e. The van der Waals surface area contributed by atoms with E-state index in [9.17, 15) is 22.8 Å². The first kappa shape index (κ1) is 21.5. The molecular weight excluding hydrogens is 388 g/mol. The number of carbonyl (C=O) groups excluding carboxylic acids is 3. The Bertz CT molecular complexity index is 895. The van der Waals surface area contributed by atoms with E-state index in [-0.39, 0.29) is 11.4 Å². The van der Waals surface area contributed by atoms with E-state index in [1.165, 1.54) is 25.3 Å². The van der Waals surface area contributed by atoms with Gasteiger partial charge >= 0.3 is 6.03 Å². The lowest BCUT2D eigenvalue weighted by molar-refractivity contribution is -0.134. The average Bonchev–Trinajstić information content (AvgIpc) is 2.86. The highest BCUT2D eigenvalue weighted by molar-refractivity contribution is 7.92. The molecule has 2 rings (SSSR count). The minimum atomic E-state index is -3.50. The van der Waals surface area contributed by atoms with Crippen molar-refractivity contribution in [2.24, 2.45) is 0 Å². The molecule has 0 atom stereocenters. The lowest BCUT2D eigenvalue weighted by atomic mass is 9.93. The maximum absolute atomic E-state index is 12.5. The number of rotatable bonds is 8. The number of methoxy groups -OCH3 is 1. The number of benzene rings is 1. The van der Waals surface area contributed by atoms with E-state index in [1.807, 2.05) is 0 Å². The first-order valence-electron chi connectivity index (χ1n) is 8.65. The van der Waals surface area contributed by atoms with Crippen LogP contribution in [0.25, 0.3) is 0 Å². The third-order valence-corrected chi connectivity index (χ3v) is 5.13. The summed E-state index contributed by atoms with van der Waals surface area (Å²) in [5.74, 6) is -0.797. The number of hydrogen-bond acceptors (Lipinski definition) is 6. The number of ether oxygens (including phenoxy) is 1. The number of carbonyl (C=O) groups is 3. The van der Waals surface area contributed by atoms with Gasteiger partial charge in [-0.05, 0) is 25.0 Å². The molecule has 0 saturated carbocycles. The Morgan fingerprint density at radius 2 is 1.89 bits per heavy atom. The number of nitrogens with one attached hydrogen (secondary N) is 3. The molecule has 0 radical (unpaired) electrons. The number of hydrogen-bond donors (Lipinski definition) is 3. The maximum atomic E-state index is 12.5. The molecule has 1 heterocycles. The zero-order valence-electron chi connectivity index (χ0n) is 16.2. The molecule has 1 aromatic rings. The van der Waals surface area contributed by atoms with Gasteiger partial charge in [0.05, 0.1) is 19.1 Å². The summed E-state index contributed by atoms with van der Waals surface area (Å²) in [6.45, 7) is 3.16. The number of urea groups is 1. The lowest BCUT2D eigenvalue weighted by Gasteiger charge is -2.23. The second kappa shape index (κ2) is 8.05. The van der Waals surface area contributed by atoms with E-state index in [0.717, 1.165) is 11.2 Å². The summed E-state index contributed by atoms with van der Waals surface area (Å²) in [4.78, 5) is 37.9. The quantitative estimate of drug-likeness (QED) is 0.548. The summed E-state index contributed by atoms with van der Waals surface area (Å²) < 4.78 is 30.2. The van der Waals surface area contributed by atoms with Crippen molar-refractivity contribution in [2.75, 3.05) is 29.9 Å². The number of imide groups is 1. The van der Waals surface area contributed by atoms with Crippen LogP contribution in [0.3, 0.4) is 0 Å². The van der Waals surface area contributed by atoms with Crippen LogP contribution in [-0.2, 0) is 19.6 Å². The molecule has 28 heavy (non-hydrogen) atoms. The van der Waals surface area contributed by atoms with E-state index < -0.39 is 40.0 Å². The monoisotopic (exact) mass is 412 g/mol. The van der Waals surface area contributed by atoms with Crippen molar-refractivity contribution < 1.29 is 27.5 Å². The predicted octanol–water partition coefficient (Wildman–Crippen LogP) is 1.12. The summed E-state index contributed by atoms with van der Waals surface area (Å²) >= 11 is 0. The van der Waals surface area contributed by atoms with E-state index in [4.69, 9.17) is 4.74 Å². The van der Waals surface area contributed by atoms with Gasteiger partial charge in [0.2, 0.25) is 15.9 Å². The number of amides is 4. The third kappa shape index (κ3) is 4.53. The Kier molecular flexibility index (Phi) is 6.17. The molecule has 1 saturated heterocycles. The first-order valence-corrected chi connectivity index (χ1v) is 10.5. The fourth-order valence-electron chi connectivity index (χ4n) is 2.95. The highest BCUT2D eigenvalue weighted by Crippen LogP contribution is 2.29. The van der Waals surface area contributed by atoms with Crippen molar-refractivity contribution in [3.8, 4) is 5.75 Å². The Labute approximate surface area is 163 Å². The first-order chi connectivity index (χ1) is 13.0. The number of anilines is 2. The van der Waals surface area contributed by atoms with Gasteiger partial charge in [0.1, 0.15) is 17.8 Å². The van der Waals surface area contributed by atoms with Crippen LogP contribution < -0.4 is 20.1 Å². The highest BCUT2D eigenvalue weighted by atomic mass is 32.2. The fourth-order valence-corrected chi connectivity index (χ4v) is 3.51. The molecule has 10 nitrogen and oxygen atoms in total. The predicted molar refractivity (Wildman–Crippen MR) is 104 cm³/mol. The van der Waals surface area contributed by atoms with Crippen LogP contribution in [0.1, 0.15) is 26.7 Å². The van der Waals surface area contributed by atoms with Crippen LogP contribution in [0.2, 0.25) is 0 Å². The summed E-state index contributed by atoms with van der Waals surface area (Å²) in [6, 6.07) is 3.73. The average molecular weight is 412 g/mol. The van der Waals surface area contributed by atoms with Crippen molar-refractivity contribution >= 4 is 39.2 Å². The minimum absolute atomic E-state index is 0.203. The Hall–Kier alpha value is -2.82. The van der Waals surface area contributed by atoms with E-state index in [2.05, 4.69) is 15.4 Å². The van der Waals surface area contributed by atoms with Gasteiger partial charge in [-0.3, -0.25) is 19.2 Å². The third-order valence-electron chi connectivity index (χ3n) is 4.54. The Morgan fingerprint density at radius 1 is 1.25 bits per heavy atom. The van der Waals surface area contributed by atoms with Crippen LogP contribution >= 0.6 is 0 Å². The molecule has 3 N–H and O–H groups in total. The van der Waals surface area contributed by atoms with Crippen molar-refractivity contribution in [2.45, 2.75) is 32.2 Å². The van der Waals surface area contributed by atoms with Crippen LogP contribution in [-0.4, -0.2) is 56.6 Å². The summed E-state index contributed by atoms with van der Waals surface area (Å²) in [7, 11) is -2.14. The van der Waals surface area contributed by atoms with Gasteiger partial charge in [-0.1, -0.05) is 13.8 Å². The summed E-state index contributed by atoms with van der Waals surface area (Å²) in [6.07, 6.45) is 1.86. The van der Waals surface area contributed by atoms with Crippen LogP contribution in [0.15, 0.2) is 18.2 Å². The smallest absolute Gasteiger partial charge is 0.325 e. The van der Waals surface area contributed by atoms with E-state index >= 15 is 0 Å². The number of nitrogens with zero attached hydrogens (tertiary/aromatic N) is 1. The SMILES string of the molecule is CCC1(CC)NC(=O)N(CC(=O)Nc2ccc(NS(C)(=O)=O)c(OC)c2)C1=O. The molecule has 1 aliphatic rings. The highest BCUT2D eigenvalue weighted by Gasteiger charge is 2.49. The van der Waals surface area contributed by atoms with Gasteiger partial charge in [-0.2, -0.15) is 0 Å². The van der Waals surface area contributed by atoms with Crippen LogP contribution in [0, 0.1) is 0 Å². The lowest BCUT2D eigenvalue weighted by Crippen LogP contribution is -2.46. The molecule has 1 fully saturated rings. The largest absolute Gasteiger partial charge is 0.494 e. The Morgan fingerprint density at radius 3 is 2.39 bits per heavy atom. The molecular formula is C17H24N4O6S. The van der Waals surface area contributed by atoms with Gasteiger partial charge in [0, 0.05) is 11.8 Å². The van der Waals surface area contributed by atoms with Crippen molar-refractivity contribution in [3.05, 3.63) is 18.2 Å². The van der Waals surface area contributed by atoms with Crippen LogP contribution in [0.5, 0.6) is 5.75 Å². The Balaban J connectivity index is 2.11. The van der Waals surface area contributed by atoms with Gasteiger partial charge in [-0.15, -0.1) is 0 Å². The zero-order valence-corrected chi connectivity index (χ0v) is 17.0. The summed E-state index contributed by atoms with van der Waals surface area (Å²) in [5.41, 5.74) is -0.433. The second-order valence-corrected chi connectivity index (χ2v) is 8.20. The molecule has 11 heteroatoms. The van der Waals surface area contributed by atoms with Gasteiger partial charge in [0.25, 0.3) is 5.91 Å². The summed E-state index contributed by atoms with van der Waals surface area (Å²) in [5, 5.41) is 5.22. The molecule has 0 unspecified atom stereocenters. The maximum Gasteiger partial charge on any atom is 0.325 e. The van der Waals surface area contributed by atoms with E-state index in [0.29, 0.717) is 18.5 Å². The van der Waals surface area contributed by atoms with Crippen molar-refractivity contribution in [3.63, 3.8) is 0 Å². The second-order valence-electron chi connectivity index (χ2n) is 6.45. The molecule has 0 aliphatic carbocycles. The molecule has 0 spiro atoms. The van der Waals surface area contributed by atoms with Gasteiger partial charge in [0.15, 0.2) is 0 Å². The van der Waals surface area contributed by atoms with Crippen molar-refractivity contribution in [1.82, 2.24) is 10.2 Å². The van der Waals surface area contributed by atoms with Crippen LogP contribution in [0.4, 0.5) is 16.2 Å². The standard InChI is InChI=1S/C17H24N4O6S/c1-5-17(6-2)15(23)21(16(24)19-17)10-14(22)18-11-7-8-12(13(9-11)27-3)20-28(4,25)26/h7-9,20H,5-6,10H2,1-4H3,(H,18,22)(H,19,24). The number of sulfonamides is 1. The fraction of sp³-hybridized carbons (Fsp3) is 0.471. The van der Waals surface area contributed by atoms with Gasteiger partial charge < -0.3 is 15.4 Å². The topological polar surface area (TPSA) is 134 Å². The molecule has 4 amide bonds. The molecule has 0 bridgehead atoms. The molecule has 154 valence electrons. The molecule has 1 aromatic carbocycles. The molecule has 1 aliphatic heterocycles. The van der Waals surface area contributed by atoms with Crippen molar-refractivity contribution in [1.29, 1.82) is 0 Å². The van der Waals surface area contributed by atoms with Gasteiger partial charge in [-0.25, -0.2) is 13.2 Å². The molecule has 0 aromatic heterocycles.